The monoisotopic (exact) mass is 249 g/mol. The highest BCUT2D eigenvalue weighted by molar-refractivity contribution is 7.80. The van der Waals surface area contributed by atoms with Gasteiger partial charge in [0.15, 0.2) is 0 Å². The predicted octanol–water partition coefficient (Wildman–Crippen LogP) is 3.79. The summed E-state index contributed by atoms with van der Waals surface area (Å²) in [5.74, 6) is 0.936. The number of aryl methyl sites for hydroxylation is 1. The Bertz CT molecular complexity index is 373. The van der Waals surface area contributed by atoms with Gasteiger partial charge in [-0.3, -0.25) is 0 Å². The normalized spacial score (nSPS) is 16.5. The van der Waals surface area contributed by atoms with Gasteiger partial charge in [0.25, 0.3) is 0 Å². The van der Waals surface area contributed by atoms with Crippen molar-refractivity contribution < 1.29 is 0 Å². The summed E-state index contributed by atoms with van der Waals surface area (Å²) in [5.41, 5.74) is 3.24. The van der Waals surface area contributed by atoms with Crippen molar-refractivity contribution in [1.29, 1.82) is 0 Å². The van der Waals surface area contributed by atoms with Gasteiger partial charge in [-0.15, -0.1) is 0 Å². The Kier molecular flexibility index (Phi) is 4.03. The van der Waals surface area contributed by atoms with E-state index in [1.165, 1.54) is 37.1 Å². The predicted molar refractivity (Wildman–Crippen MR) is 79.2 cm³/mol. The van der Waals surface area contributed by atoms with Crippen LogP contribution >= 0.6 is 12.6 Å². The fourth-order valence-electron chi connectivity index (χ4n) is 2.50. The smallest absolute Gasteiger partial charge is 0.0398 e. The van der Waals surface area contributed by atoms with Gasteiger partial charge in [0.05, 0.1) is 0 Å². The van der Waals surface area contributed by atoms with Gasteiger partial charge < -0.3 is 4.90 Å². The fraction of sp³-hybridized carbons (Fsp3) is 0.600. The molecule has 0 saturated heterocycles. The molecule has 0 fully saturated rings. The molecule has 0 N–H and O–H groups in total. The number of rotatable bonds is 3. The van der Waals surface area contributed by atoms with Crippen LogP contribution in [0.3, 0.4) is 0 Å². The van der Waals surface area contributed by atoms with E-state index in [1.54, 1.807) is 0 Å². The molecule has 1 aromatic rings. The molecule has 0 spiro atoms. The van der Waals surface area contributed by atoms with E-state index < -0.39 is 0 Å². The first-order valence-electron chi connectivity index (χ1n) is 6.56. The average molecular weight is 249 g/mol. The SMILES string of the molecule is CC(C)(CS)CN1CCCCc2ccccc21. The zero-order chi connectivity index (χ0) is 12.3. The maximum Gasteiger partial charge on any atom is 0.0398 e. The molecule has 1 heterocycles. The summed E-state index contributed by atoms with van der Waals surface area (Å²) < 4.78 is 0. The van der Waals surface area contributed by atoms with Crippen molar-refractivity contribution in [3.8, 4) is 0 Å². The number of para-hydroxylation sites is 1. The molecule has 1 nitrogen and oxygen atoms in total. The number of hydrogen-bond donors (Lipinski definition) is 1. The summed E-state index contributed by atoms with van der Waals surface area (Å²) in [7, 11) is 0. The lowest BCUT2D eigenvalue weighted by Crippen LogP contribution is -2.36. The maximum absolute atomic E-state index is 4.47. The minimum Gasteiger partial charge on any atom is -0.371 e. The fourth-order valence-corrected chi connectivity index (χ4v) is 2.60. The Morgan fingerprint density at radius 2 is 2.00 bits per heavy atom. The van der Waals surface area contributed by atoms with Gasteiger partial charge in [0.2, 0.25) is 0 Å². The van der Waals surface area contributed by atoms with Crippen LogP contribution < -0.4 is 4.90 Å². The first-order valence-corrected chi connectivity index (χ1v) is 7.19. The molecular formula is C15H23NS. The van der Waals surface area contributed by atoms with Gasteiger partial charge in [0, 0.05) is 18.8 Å². The van der Waals surface area contributed by atoms with Crippen LogP contribution in [0.4, 0.5) is 5.69 Å². The molecule has 0 saturated carbocycles. The summed E-state index contributed by atoms with van der Waals surface area (Å²) in [4.78, 5) is 2.55. The van der Waals surface area contributed by atoms with Gasteiger partial charge in [-0.05, 0) is 42.1 Å². The summed E-state index contributed by atoms with van der Waals surface area (Å²) in [6, 6.07) is 8.87. The second-order valence-corrected chi connectivity index (χ2v) is 6.15. The number of thiol groups is 1. The number of hydrogen-bond acceptors (Lipinski definition) is 2. The largest absolute Gasteiger partial charge is 0.371 e. The van der Waals surface area contributed by atoms with Crippen LogP contribution in [0.1, 0.15) is 32.3 Å². The van der Waals surface area contributed by atoms with Crippen LogP contribution in [0.15, 0.2) is 24.3 Å². The van der Waals surface area contributed by atoms with Crippen LogP contribution in [0, 0.1) is 5.41 Å². The second kappa shape index (κ2) is 5.34. The lowest BCUT2D eigenvalue weighted by molar-refractivity contribution is 0.419. The quantitative estimate of drug-likeness (QED) is 0.798. The Morgan fingerprint density at radius 3 is 2.76 bits per heavy atom. The lowest BCUT2D eigenvalue weighted by Gasteiger charge is -2.33. The molecule has 17 heavy (non-hydrogen) atoms. The molecule has 0 radical (unpaired) electrons. The lowest BCUT2D eigenvalue weighted by atomic mass is 9.95. The summed E-state index contributed by atoms with van der Waals surface area (Å²) >= 11 is 4.47. The molecule has 2 rings (SSSR count). The van der Waals surface area contributed by atoms with Crippen molar-refractivity contribution in [1.82, 2.24) is 0 Å². The number of benzene rings is 1. The topological polar surface area (TPSA) is 3.24 Å². The van der Waals surface area contributed by atoms with Crippen molar-refractivity contribution in [2.24, 2.45) is 5.41 Å². The zero-order valence-corrected chi connectivity index (χ0v) is 11.8. The van der Waals surface area contributed by atoms with E-state index >= 15 is 0 Å². The van der Waals surface area contributed by atoms with Crippen molar-refractivity contribution in [2.45, 2.75) is 33.1 Å². The van der Waals surface area contributed by atoms with E-state index in [1.807, 2.05) is 0 Å². The van der Waals surface area contributed by atoms with Gasteiger partial charge >= 0.3 is 0 Å². The minimum absolute atomic E-state index is 0.278. The third-order valence-electron chi connectivity index (χ3n) is 3.50. The highest BCUT2D eigenvalue weighted by Crippen LogP contribution is 2.29. The molecule has 1 aliphatic heterocycles. The molecule has 0 amide bonds. The summed E-state index contributed by atoms with van der Waals surface area (Å²) in [6.45, 7) is 6.89. The standard InChI is InChI=1S/C15H23NS/c1-15(2,12-17)11-16-10-6-5-8-13-7-3-4-9-14(13)16/h3-4,7,9,17H,5-6,8,10-12H2,1-2H3. The number of nitrogens with zero attached hydrogens (tertiary/aromatic N) is 1. The molecule has 1 aliphatic rings. The van der Waals surface area contributed by atoms with Crippen LogP contribution in [0.5, 0.6) is 0 Å². The van der Waals surface area contributed by atoms with Crippen LogP contribution in [0.2, 0.25) is 0 Å². The highest BCUT2D eigenvalue weighted by atomic mass is 32.1. The zero-order valence-electron chi connectivity index (χ0n) is 10.9. The van der Waals surface area contributed by atoms with E-state index in [2.05, 4.69) is 55.6 Å². The van der Waals surface area contributed by atoms with Crippen molar-refractivity contribution in [3.05, 3.63) is 29.8 Å². The average Bonchev–Trinajstić information content (AvgIpc) is 2.52. The molecular weight excluding hydrogens is 226 g/mol. The van der Waals surface area contributed by atoms with E-state index in [0.717, 1.165) is 12.3 Å². The molecule has 94 valence electrons. The van der Waals surface area contributed by atoms with E-state index in [4.69, 9.17) is 0 Å². The van der Waals surface area contributed by atoms with Crippen LogP contribution in [0.25, 0.3) is 0 Å². The van der Waals surface area contributed by atoms with Crippen molar-refractivity contribution >= 4 is 18.3 Å². The molecule has 0 unspecified atom stereocenters. The van der Waals surface area contributed by atoms with Crippen LogP contribution in [-0.4, -0.2) is 18.8 Å². The van der Waals surface area contributed by atoms with Crippen molar-refractivity contribution in [3.63, 3.8) is 0 Å². The number of anilines is 1. The first kappa shape index (κ1) is 12.8. The van der Waals surface area contributed by atoms with Gasteiger partial charge in [0.1, 0.15) is 0 Å². The Morgan fingerprint density at radius 1 is 1.24 bits per heavy atom. The van der Waals surface area contributed by atoms with Gasteiger partial charge in [-0.25, -0.2) is 0 Å². The molecule has 2 heteroatoms. The molecule has 0 aliphatic carbocycles. The van der Waals surface area contributed by atoms with Crippen LogP contribution in [-0.2, 0) is 6.42 Å². The Balaban J connectivity index is 2.23. The minimum atomic E-state index is 0.278. The summed E-state index contributed by atoms with van der Waals surface area (Å²) in [5, 5.41) is 0. The van der Waals surface area contributed by atoms with E-state index in [-0.39, 0.29) is 5.41 Å². The Labute approximate surface area is 111 Å². The number of fused-ring (bicyclic) bond motifs is 1. The Hall–Kier alpha value is -0.630. The van der Waals surface area contributed by atoms with E-state index in [0.29, 0.717) is 0 Å². The van der Waals surface area contributed by atoms with Gasteiger partial charge in [-0.2, -0.15) is 12.6 Å². The third kappa shape index (κ3) is 3.19. The summed E-state index contributed by atoms with van der Waals surface area (Å²) in [6.07, 6.45) is 3.85. The molecule has 0 bridgehead atoms. The highest BCUT2D eigenvalue weighted by Gasteiger charge is 2.23. The first-order chi connectivity index (χ1) is 8.12. The molecule has 0 atom stereocenters. The van der Waals surface area contributed by atoms with Crippen molar-refractivity contribution in [2.75, 3.05) is 23.7 Å². The van der Waals surface area contributed by atoms with Gasteiger partial charge in [-0.1, -0.05) is 32.0 Å². The third-order valence-corrected chi connectivity index (χ3v) is 4.36. The molecule has 1 aromatic carbocycles. The second-order valence-electron chi connectivity index (χ2n) is 5.83. The maximum atomic E-state index is 4.47. The molecule has 0 aromatic heterocycles. The van der Waals surface area contributed by atoms with E-state index in [9.17, 15) is 0 Å².